The van der Waals surface area contributed by atoms with Crippen LogP contribution in [0.15, 0.2) is 24.3 Å². The van der Waals surface area contributed by atoms with Gasteiger partial charge in [-0.1, -0.05) is 0 Å². The first-order valence-corrected chi connectivity index (χ1v) is 5.96. The molecule has 0 fully saturated rings. The number of amides is 1. The Labute approximate surface area is 116 Å². The van der Waals surface area contributed by atoms with Gasteiger partial charge in [0.2, 0.25) is 0 Å². The molecule has 0 aliphatic heterocycles. The normalized spacial score (nSPS) is 12.9. The Kier molecular flexibility index (Phi) is 5.21. The van der Waals surface area contributed by atoms with Gasteiger partial charge in [-0.2, -0.15) is 5.26 Å². The lowest BCUT2D eigenvalue weighted by Crippen LogP contribution is -2.52. The Hall–Kier alpha value is -2.42. The van der Waals surface area contributed by atoms with Gasteiger partial charge >= 0.3 is 5.97 Å². The van der Waals surface area contributed by atoms with Crippen molar-refractivity contribution in [3.05, 3.63) is 35.6 Å². The van der Waals surface area contributed by atoms with E-state index >= 15 is 0 Å². The highest BCUT2D eigenvalue weighted by atomic mass is 19.1. The van der Waals surface area contributed by atoms with E-state index in [4.69, 9.17) is 5.26 Å². The van der Waals surface area contributed by atoms with Gasteiger partial charge in [0, 0.05) is 12.0 Å². The van der Waals surface area contributed by atoms with Crippen molar-refractivity contribution in [1.29, 1.82) is 5.26 Å². The Balaban J connectivity index is 2.89. The van der Waals surface area contributed by atoms with E-state index in [0.29, 0.717) is 0 Å². The molecule has 0 bridgehead atoms. The first kappa shape index (κ1) is 15.6. The van der Waals surface area contributed by atoms with Crippen molar-refractivity contribution in [2.75, 3.05) is 7.11 Å². The van der Waals surface area contributed by atoms with Gasteiger partial charge in [-0.3, -0.25) is 4.79 Å². The first-order chi connectivity index (χ1) is 9.42. The minimum absolute atomic E-state index is 0.0926. The highest BCUT2D eigenvalue weighted by molar-refractivity contribution is 5.98. The van der Waals surface area contributed by atoms with E-state index in [-0.39, 0.29) is 18.4 Å². The average Bonchev–Trinajstić information content (AvgIpc) is 2.44. The SMILES string of the molecule is COC(=O)C(C)(CCC#N)NC(=O)c1ccc(F)cc1. The molecule has 0 saturated heterocycles. The largest absolute Gasteiger partial charge is 0.467 e. The third-order valence-electron chi connectivity index (χ3n) is 2.87. The number of methoxy groups -OCH3 is 1. The van der Waals surface area contributed by atoms with Gasteiger partial charge in [-0.05, 0) is 37.6 Å². The second-order valence-corrected chi connectivity index (χ2v) is 4.44. The number of carbonyl (C=O) groups is 2. The summed E-state index contributed by atoms with van der Waals surface area (Å²) in [7, 11) is 1.21. The average molecular weight is 278 g/mol. The van der Waals surface area contributed by atoms with Crippen LogP contribution in [0.1, 0.15) is 30.1 Å². The minimum Gasteiger partial charge on any atom is -0.467 e. The number of rotatable bonds is 5. The van der Waals surface area contributed by atoms with E-state index in [1.54, 1.807) is 0 Å². The summed E-state index contributed by atoms with van der Waals surface area (Å²) in [5, 5.41) is 11.1. The van der Waals surface area contributed by atoms with E-state index < -0.39 is 23.2 Å². The van der Waals surface area contributed by atoms with Crippen molar-refractivity contribution >= 4 is 11.9 Å². The molecule has 1 aromatic carbocycles. The van der Waals surface area contributed by atoms with Crippen LogP contribution in [-0.4, -0.2) is 24.5 Å². The number of nitriles is 1. The van der Waals surface area contributed by atoms with Crippen molar-refractivity contribution in [3.63, 3.8) is 0 Å². The Morgan fingerprint density at radius 1 is 1.40 bits per heavy atom. The maximum absolute atomic E-state index is 12.8. The molecule has 1 rings (SSSR count). The molecule has 0 spiro atoms. The van der Waals surface area contributed by atoms with E-state index in [2.05, 4.69) is 10.1 Å². The van der Waals surface area contributed by atoms with E-state index in [1.807, 2.05) is 6.07 Å². The monoisotopic (exact) mass is 278 g/mol. The summed E-state index contributed by atoms with van der Waals surface area (Å²) in [5.74, 6) is -1.62. The summed E-state index contributed by atoms with van der Waals surface area (Å²) in [5.41, 5.74) is -1.07. The summed E-state index contributed by atoms with van der Waals surface area (Å²) in [6.45, 7) is 1.48. The zero-order chi connectivity index (χ0) is 15.2. The molecule has 6 heteroatoms. The number of benzene rings is 1. The van der Waals surface area contributed by atoms with Crippen molar-refractivity contribution in [2.24, 2.45) is 0 Å². The van der Waals surface area contributed by atoms with Crippen LogP contribution in [0.3, 0.4) is 0 Å². The molecule has 0 aliphatic rings. The molecule has 1 unspecified atom stereocenters. The van der Waals surface area contributed by atoms with Crippen molar-refractivity contribution in [1.82, 2.24) is 5.32 Å². The van der Waals surface area contributed by atoms with Gasteiger partial charge in [0.1, 0.15) is 11.4 Å². The predicted molar refractivity (Wildman–Crippen MR) is 69.1 cm³/mol. The number of carbonyl (C=O) groups excluding carboxylic acids is 2. The zero-order valence-electron chi connectivity index (χ0n) is 11.3. The Morgan fingerprint density at radius 3 is 2.50 bits per heavy atom. The molecule has 5 nitrogen and oxygen atoms in total. The lowest BCUT2D eigenvalue weighted by molar-refractivity contribution is -0.147. The number of esters is 1. The molecule has 106 valence electrons. The number of halogens is 1. The smallest absolute Gasteiger partial charge is 0.331 e. The van der Waals surface area contributed by atoms with Crippen LogP contribution in [0.25, 0.3) is 0 Å². The third kappa shape index (κ3) is 3.79. The topological polar surface area (TPSA) is 79.2 Å². The summed E-state index contributed by atoms with van der Waals surface area (Å²) in [6.07, 6.45) is 0.221. The quantitative estimate of drug-likeness (QED) is 0.833. The third-order valence-corrected chi connectivity index (χ3v) is 2.87. The highest BCUT2D eigenvalue weighted by Crippen LogP contribution is 2.15. The fourth-order valence-corrected chi connectivity index (χ4v) is 1.67. The highest BCUT2D eigenvalue weighted by Gasteiger charge is 2.35. The molecular formula is C14H15FN2O3. The predicted octanol–water partition coefficient (Wildman–Crippen LogP) is 1.79. The standard InChI is InChI=1S/C14H15FN2O3/c1-14(8-3-9-16,13(19)20-2)17-12(18)10-4-6-11(15)7-5-10/h4-7H,3,8H2,1-2H3,(H,17,18). The Morgan fingerprint density at radius 2 is 2.00 bits per heavy atom. The van der Waals surface area contributed by atoms with E-state index in [9.17, 15) is 14.0 Å². The Bertz CT molecular complexity index is 536. The minimum atomic E-state index is -1.30. The van der Waals surface area contributed by atoms with E-state index in [0.717, 1.165) is 12.1 Å². The molecule has 20 heavy (non-hydrogen) atoms. The lowest BCUT2D eigenvalue weighted by atomic mass is 9.95. The molecule has 1 amide bonds. The number of hydrogen-bond donors (Lipinski definition) is 1. The van der Waals surface area contributed by atoms with Crippen LogP contribution in [0, 0.1) is 17.1 Å². The molecule has 0 aromatic heterocycles. The number of hydrogen-bond acceptors (Lipinski definition) is 4. The molecule has 0 aliphatic carbocycles. The lowest BCUT2D eigenvalue weighted by Gasteiger charge is -2.27. The van der Waals surface area contributed by atoms with Gasteiger partial charge in [0.25, 0.3) is 5.91 Å². The zero-order valence-corrected chi connectivity index (χ0v) is 11.3. The van der Waals surface area contributed by atoms with Gasteiger partial charge in [-0.15, -0.1) is 0 Å². The molecule has 0 heterocycles. The fraction of sp³-hybridized carbons (Fsp3) is 0.357. The summed E-state index contributed by atoms with van der Waals surface area (Å²) >= 11 is 0. The number of ether oxygens (including phenoxy) is 1. The molecule has 1 atom stereocenters. The number of nitrogens with one attached hydrogen (secondary N) is 1. The first-order valence-electron chi connectivity index (χ1n) is 5.96. The maximum Gasteiger partial charge on any atom is 0.331 e. The molecule has 0 radical (unpaired) electrons. The second-order valence-electron chi connectivity index (χ2n) is 4.44. The van der Waals surface area contributed by atoms with Gasteiger partial charge in [0.15, 0.2) is 0 Å². The molecule has 1 aromatic rings. The van der Waals surface area contributed by atoms with Gasteiger partial charge in [-0.25, -0.2) is 9.18 Å². The molecular weight excluding hydrogens is 263 g/mol. The maximum atomic E-state index is 12.8. The van der Waals surface area contributed by atoms with Crippen LogP contribution in [0.2, 0.25) is 0 Å². The van der Waals surface area contributed by atoms with Gasteiger partial charge in [0.05, 0.1) is 13.2 Å². The van der Waals surface area contributed by atoms with Crippen LogP contribution >= 0.6 is 0 Å². The van der Waals surface area contributed by atoms with Gasteiger partial charge < -0.3 is 10.1 Å². The second kappa shape index (κ2) is 6.66. The molecule has 1 N–H and O–H groups in total. The fourth-order valence-electron chi connectivity index (χ4n) is 1.67. The van der Waals surface area contributed by atoms with Crippen LogP contribution in [-0.2, 0) is 9.53 Å². The van der Waals surface area contributed by atoms with E-state index in [1.165, 1.54) is 26.2 Å². The van der Waals surface area contributed by atoms with Crippen LogP contribution in [0.4, 0.5) is 4.39 Å². The molecule has 0 saturated carbocycles. The summed E-state index contributed by atoms with van der Waals surface area (Å²) < 4.78 is 17.4. The summed E-state index contributed by atoms with van der Waals surface area (Å²) in [4.78, 5) is 23.8. The summed E-state index contributed by atoms with van der Waals surface area (Å²) in [6, 6.07) is 6.84. The van der Waals surface area contributed by atoms with Crippen molar-refractivity contribution in [3.8, 4) is 6.07 Å². The van der Waals surface area contributed by atoms with Crippen molar-refractivity contribution < 1.29 is 18.7 Å². The van der Waals surface area contributed by atoms with Crippen LogP contribution in [0.5, 0.6) is 0 Å². The number of nitrogens with zero attached hydrogens (tertiary/aromatic N) is 1. The van der Waals surface area contributed by atoms with Crippen molar-refractivity contribution in [2.45, 2.75) is 25.3 Å². The van der Waals surface area contributed by atoms with Crippen LogP contribution < -0.4 is 5.32 Å².